The van der Waals surface area contributed by atoms with E-state index in [0.717, 1.165) is 32.4 Å². The van der Waals surface area contributed by atoms with Gasteiger partial charge in [-0.3, -0.25) is 9.78 Å². The van der Waals surface area contributed by atoms with Crippen molar-refractivity contribution in [3.63, 3.8) is 0 Å². The maximum absolute atomic E-state index is 11.9. The molecule has 2 aliphatic heterocycles. The summed E-state index contributed by atoms with van der Waals surface area (Å²) in [5.74, 6) is -1.02. The summed E-state index contributed by atoms with van der Waals surface area (Å²) in [4.78, 5) is 30.6. The van der Waals surface area contributed by atoms with Crippen molar-refractivity contribution < 1.29 is 14.7 Å². The van der Waals surface area contributed by atoms with Gasteiger partial charge in [0.1, 0.15) is 6.54 Å². The van der Waals surface area contributed by atoms with Crippen molar-refractivity contribution >= 4 is 17.7 Å². The van der Waals surface area contributed by atoms with Crippen LogP contribution in [0.1, 0.15) is 19.3 Å². The second-order valence-corrected chi connectivity index (χ2v) is 6.42. The normalized spacial score (nSPS) is 19.8. The second kappa shape index (κ2) is 6.44. The van der Waals surface area contributed by atoms with Gasteiger partial charge in [-0.1, -0.05) is 0 Å². The van der Waals surface area contributed by atoms with Crippen molar-refractivity contribution in [1.82, 2.24) is 15.2 Å². The van der Waals surface area contributed by atoms with Gasteiger partial charge in [-0.25, -0.2) is 4.79 Å². The Kier molecular flexibility index (Phi) is 4.36. The van der Waals surface area contributed by atoms with Gasteiger partial charge in [-0.05, 0) is 36.8 Å². The second-order valence-electron chi connectivity index (χ2n) is 6.42. The molecule has 1 aromatic rings. The predicted octanol–water partition coefficient (Wildman–Crippen LogP) is 1.17. The number of hydrogen-bond acceptors (Lipinski definition) is 4. The quantitative estimate of drug-likeness (QED) is 0.874. The molecule has 7 heteroatoms. The summed E-state index contributed by atoms with van der Waals surface area (Å²) in [6.07, 6.45) is 6.70. The Balaban J connectivity index is 1.53. The number of carboxylic acid groups (broad SMARTS) is 1. The number of carbonyl (C=O) groups excluding carboxylic acids is 1. The van der Waals surface area contributed by atoms with E-state index in [1.54, 1.807) is 4.90 Å². The first-order chi connectivity index (χ1) is 11.1. The van der Waals surface area contributed by atoms with Crippen LogP contribution >= 0.6 is 0 Å². The lowest BCUT2D eigenvalue weighted by Crippen LogP contribution is -2.48. The lowest BCUT2D eigenvalue weighted by Gasteiger charge is -2.39. The number of hydrogen-bond donors (Lipinski definition) is 2. The molecule has 0 aromatic carbocycles. The molecule has 2 aliphatic rings. The summed E-state index contributed by atoms with van der Waals surface area (Å²) < 4.78 is 0. The number of pyridine rings is 1. The fourth-order valence-corrected chi connectivity index (χ4v) is 3.57. The highest BCUT2D eigenvalue weighted by molar-refractivity contribution is 5.80. The van der Waals surface area contributed by atoms with Gasteiger partial charge in [0, 0.05) is 44.3 Å². The summed E-state index contributed by atoms with van der Waals surface area (Å²) in [6.45, 7) is 3.11. The number of carboxylic acids is 1. The third kappa shape index (κ3) is 3.55. The SMILES string of the molecule is O=C(O)CNC(=O)N1CCC2(CC1)CCN(c1ccncc1)C2. The number of anilines is 1. The zero-order valence-electron chi connectivity index (χ0n) is 13.1. The van der Waals surface area contributed by atoms with E-state index >= 15 is 0 Å². The molecule has 3 rings (SSSR count). The van der Waals surface area contributed by atoms with Gasteiger partial charge in [0.05, 0.1) is 0 Å². The Morgan fingerprint density at radius 1 is 1.17 bits per heavy atom. The fourth-order valence-electron chi connectivity index (χ4n) is 3.57. The molecule has 2 amide bonds. The smallest absolute Gasteiger partial charge is 0.323 e. The molecule has 2 N–H and O–H groups in total. The van der Waals surface area contributed by atoms with Crippen molar-refractivity contribution in [3.05, 3.63) is 24.5 Å². The van der Waals surface area contributed by atoms with Crippen molar-refractivity contribution in [3.8, 4) is 0 Å². The molecule has 0 bridgehead atoms. The summed E-state index contributed by atoms with van der Waals surface area (Å²) in [5.41, 5.74) is 1.48. The number of rotatable bonds is 3. The number of nitrogens with zero attached hydrogens (tertiary/aromatic N) is 3. The molecular formula is C16H22N4O3. The fraction of sp³-hybridized carbons (Fsp3) is 0.562. The van der Waals surface area contributed by atoms with Crippen LogP contribution < -0.4 is 10.2 Å². The lowest BCUT2D eigenvalue weighted by atomic mass is 9.78. The molecule has 0 unspecified atom stereocenters. The molecule has 124 valence electrons. The van der Waals surface area contributed by atoms with Gasteiger partial charge in [0.15, 0.2) is 0 Å². The molecule has 0 radical (unpaired) electrons. The van der Waals surface area contributed by atoms with Gasteiger partial charge in [-0.15, -0.1) is 0 Å². The molecular weight excluding hydrogens is 296 g/mol. The predicted molar refractivity (Wildman–Crippen MR) is 85.3 cm³/mol. The molecule has 3 heterocycles. The number of amides is 2. The maximum atomic E-state index is 11.9. The van der Waals surface area contributed by atoms with Crippen LogP contribution in [0.25, 0.3) is 0 Å². The van der Waals surface area contributed by atoms with Gasteiger partial charge >= 0.3 is 12.0 Å². The molecule has 2 saturated heterocycles. The molecule has 1 spiro atoms. The van der Waals surface area contributed by atoms with E-state index in [9.17, 15) is 9.59 Å². The minimum Gasteiger partial charge on any atom is -0.480 e. The van der Waals surface area contributed by atoms with Gasteiger partial charge < -0.3 is 20.2 Å². The molecule has 0 atom stereocenters. The van der Waals surface area contributed by atoms with Crippen molar-refractivity contribution in [2.45, 2.75) is 19.3 Å². The monoisotopic (exact) mass is 318 g/mol. The zero-order valence-corrected chi connectivity index (χ0v) is 13.1. The van der Waals surface area contributed by atoms with Gasteiger partial charge in [0.2, 0.25) is 0 Å². The number of aromatic nitrogens is 1. The molecule has 0 aliphatic carbocycles. The van der Waals surface area contributed by atoms with Crippen LogP contribution in [0.4, 0.5) is 10.5 Å². The first-order valence-corrected chi connectivity index (χ1v) is 7.98. The van der Waals surface area contributed by atoms with Crippen LogP contribution in [0.2, 0.25) is 0 Å². The minimum atomic E-state index is -1.02. The van der Waals surface area contributed by atoms with E-state index < -0.39 is 5.97 Å². The first-order valence-electron chi connectivity index (χ1n) is 7.98. The number of likely N-dealkylation sites (tertiary alicyclic amines) is 1. The van der Waals surface area contributed by atoms with Crippen molar-refractivity contribution in [2.75, 3.05) is 37.6 Å². The molecule has 0 saturated carbocycles. The van der Waals surface area contributed by atoms with E-state index in [0.29, 0.717) is 13.1 Å². The van der Waals surface area contributed by atoms with E-state index in [1.165, 1.54) is 5.69 Å². The Morgan fingerprint density at radius 2 is 1.83 bits per heavy atom. The average molecular weight is 318 g/mol. The van der Waals surface area contributed by atoms with Gasteiger partial charge in [-0.2, -0.15) is 0 Å². The van der Waals surface area contributed by atoms with Crippen LogP contribution in [-0.2, 0) is 4.79 Å². The molecule has 23 heavy (non-hydrogen) atoms. The van der Waals surface area contributed by atoms with E-state index in [2.05, 4.69) is 15.2 Å². The van der Waals surface area contributed by atoms with E-state index in [4.69, 9.17) is 5.11 Å². The van der Waals surface area contributed by atoms with E-state index in [-0.39, 0.29) is 18.0 Å². The van der Waals surface area contributed by atoms with Crippen molar-refractivity contribution in [1.29, 1.82) is 0 Å². The highest BCUT2D eigenvalue weighted by Crippen LogP contribution is 2.41. The summed E-state index contributed by atoms with van der Waals surface area (Å²) in [5, 5.41) is 11.1. The molecule has 1 aromatic heterocycles. The summed E-state index contributed by atoms with van der Waals surface area (Å²) in [6, 6.07) is 3.80. The van der Waals surface area contributed by atoms with Crippen LogP contribution in [0.15, 0.2) is 24.5 Å². The number of urea groups is 1. The third-order valence-corrected chi connectivity index (χ3v) is 4.97. The number of aliphatic carboxylic acids is 1. The van der Waals surface area contributed by atoms with Crippen molar-refractivity contribution in [2.24, 2.45) is 5.41 Å². The number of nitrogens with one attached hydrogen (secondary N) is 1. The Bertz CT molecular complexity index is 570. The maximum Gasteiger partial charge on any atom is 0.323 e. The van der Waals surface area contributed by atoms with Crippen LogP contribution in [0.3, 0.4) is 0 Å². The molecule has 7 nitrogen and oxygen atoms in total. The summed E-state index contributed by atoms with van der Waals surface area (Å²) in [7, 11) is 0. The largest absolute Gasteiger partial charge is 0.480 e. The standard InChI is InChI=1S/C16H22N4O3/c21-14(22)11-18-15(23)19-8-3-16(4-9-19)5-10-20(12-16)13-1-6-17-7-2-13/h1-2,6-7H,3-5,8-12H2,(H,18,23)(H,21,22). The van der Waals surface area contributed by atoms with Gasteiger partial charge in [0.25, 0.3) is 0 Å². The van der Waals surface area contributed by atoms with Crippen LogP contribution in [-0.4, -0.2) is 59.7 Å². The average Bonchev–Trinajstić information content (AvgIpc) is 2.98. The Hall–Kier alpha value is -2.31. The molecule has 2 fully saturated rings. The van der Waals surface area contributed by atoms with Crippen LogP contribution in [0, 0.1) is 5.41 Å². The zero-order chi connectivity index (χ0) is 16.3. The first kappa shape index (κ1) is 15.6. The van der Waals surface area contributed by atoms with E-state index in [1.807, 2.05) is 24.5 Å². The third-order valence-electron chi connectivity index (χ3n) is 4.97. The Morgan fingerprint density at radius 3 is 2.48 bits per heavy atom. The summed E-state index contributed by atoms with van der Waals surface area (Å²) >= 11 is 0. The highest BCUT2D eigenvalue weighted by atomic mass is 16.4. The number of carbonyl (C=O) groups is 2. The lowest BCUT2D eigenvalue weighted by molar-refractivity contribution is -0.135. The minimum absolute atomic E-state index is 0.271. The topological polar surface area (TPSA) is 85.8 Å². The Labute approximate surface area is 135 Å². The highest BCUT2D eigenvalue weighted by Gasteiger charge is 2.41. The number of piperidine rings is 1. The van der Waals surface area contributed by atoms with Crippen LogP contribution in [0.5, 0.6) is 0 Å².